The molecule has 2 nitrogen and oxygen atoms in total. The molecule has 2 heteroatoms. The maximum absolute atomic E-state index is 2.64. The quantitative estimate of drug-likeness (QED) is 0.324. The van der Waals surface area contributed by atoms with Crippen LogP contribution in [-0.4, -0.2) is 9.13 Å². The second-order valence-electron chi connectivity index (χ2n) is 11.3. The van der Waals surface area contributed by atoms with Gasteiger partial charge in [0.15, 0.2) is 0 Å². The molecule has 1 spiro atoms. The first-order chi connectivity index (χ1) is 15.2. The smallest absolute Gasteiger partial charge is 0.0483 e. The van der Waals surface area contributed by atoms with Crippen molar-refractivity contribution in [3.63, 3.8) is 0 Å². The van der Waals surface area contributed by atoms with E-state index in [2.05, 4.69) is 71.8 Å². The minimum absolute atomic E-state index is 0.437. The van der Waals surface area contributed by atoms with E-state index in [1.807, 2.05) is 0 Å². The molecular formula is C29H28N2. The highest BCUT2D eigenvalue weighted by Crippen LogP contribution is 2.82. The largest absolute Gasteiger partial charge is 0.347 e. The predicted octanol–water partition coefficient (Wildman–Crippen LogP) is 6.34. The monoisotopic (exact) mass is 404 g/mol. The Morgan fingerprint density at radius 2 is 1.55 bits per heavy atom. The van der Waals surface area contributed by atoms with Crippen molar-refractivity contribution in [1.82, 2.24) is 9.13 Å². The van der Waals surface area contributed by atoms with Crippen molar-refractivity contribution in [2.24, 2.45) is 31.8 Å². The van der Waals surface area contributed by atoms with Gasteiger partial charge in [0.1, 0.15) is 0 Å². The Kier molecular flexibility index (Phi) is 2.51. The van der Waals surface area contributed by atoms with Crippen LogP contribution in [0.2, 0.25) is 0 Å². The molecule has 7 atom stereocenters. The first-order valence-corrected chi connectivity index (χ1v) is 12.4. The summed E-state index contributed by atoms with van der Waals surface area (Å²) in [7, 11) is 4.73. The van der Waals surface area contributed by atoms with E-state index in [9.17, 15) is 0 Å². The van der Waals surface area contributed by atoms with Crippen molar-refractivity contribution in [2.45, 2.75) is 48.9 Å². The number of fused-ring (bicyclic) bond motifs is 10. The minimum atomic E-state index is 0.437. The third-order valence-electron chi connectivity index (χ3n) is 10.9. The minimum Gasteiger partial charge on any atom is -0.347 e. The Hall–Kier alpha value is -2.48. The molecule has 9 rings (SSSR count). The molecule has 2 aromatic heterocycles. The molecule has 5 aliphatic carbocycles. The molecule has 0 radical (unpaired) electrons. The summed E-state index contributed by atoms with van der Waals surface area (Å²) in [6.45, 7) is 0. The van der Waals surface area contributed by atoms with Crippen molar-refractivity contribution in [3.8, 4) is 0 Å². The number of hydrogen-bond acceptors (Lipinski definition) is 0. The van der Waals surface area contributed by atoms with Gasteiger partial charge >= 0.3 is 0 Å². The first-order valence-electron chi connectivity index (χ1n) is 12.4. The summed E-state index contributed by atoms with van der Waals surface area (Å²) >= 11 is 0. The van der Waals surface area contributed by atoms with Crippen LogP contribution in [0, 0.1) is 17.8 Å². The number of aromatic nitrogens is 2. The second kappa shape index (κ2) is 4.80. The summed E-state index contributed by atoms with van der Waals surface area (Å²) in [6, 6.07) is 18.5. The highest BCUT2D eigenvalue weighted by atomic mass is 15.0. The van der Waals surface area contributed by atoms with Crippen LogP contribution in [0.15, 0.2) is 48.5 Å². The molecular weight excluding hydrogens is 376 g/mol. The van der Waals surface area contributed by atoms with E-state index < -0.39 is 0 Å². The van der Waals surface area contributed by atoms with Gasteiger partial charge in [0, 0.05) is 58.6 Å². The number of rotatable bonds is 0. The van der Waals surface area contributed by atoms with Crippen molar-refractivity contribution >= 4 is 21.8 Å². The fourth-order valence-electron chi connectivity index (χ4n) is 10.5. The maximum Gasteiger partial charge on any atom is 0.0483 e. The van der Waals surface area contributed by atoms with Gasteiger partial charge in [-0.1, -0.05) is 42.8 Å². The molecule has 3 fully saturated rings. The van der Waals surface area contributed by atoms with Gasteiger partial charge in [0.05, 0.1) is 0 Å². The zero-order valence-corrected chi connectivity index (χ0v) is 18.3. The normalized spacial score (nSPS) is 38.3. The lowest BCUT2D eigenvalue weighted by Crippen LogP contribution is -2.33. The van der Waals surface area contributed by atoms with Gasteiger partial charge in [-0.05, 0) is 72.1 Å². The van der Waals surface area contributed by atoms with Crippen LogP contribution in [-0.2, 0) is 19.5 Å². The van der Waals surface area contributed by atoms with Crippen LogP contribution >= 0.6 is 0 Å². The fourth-order valence-corrected chi connectivity index (χ4v) is 10.5. The van der Waals surface area contributed by atoms with Gasteiger partial charge < -0.3 is 9.13 Å². The molecule has 3 saturated carbocycles. The highest BCUT2D eigenvalue weighted by molar-refractivity contribution is 5.90. The van der Waals surface area contributed by atoms with E-state index in [0.717, 1.165) is 35.5 Å². The Morgan fingerprint density at radius 3 is 2.35 bits per heavy atom. The van der Waals surface area contributed by atoms with Crippen LogP contribution in [0.5, 0.6) is 0 Å². The average Bonchev–Trinajstić information content (AvgIpc) is 3.58. The van der Waals surface area contributed by atoms with Gasteiger partial charge in [-0.3, -0.25) is 0 Å². The third kappa shape index (κ3) is 1.42. The number of benzene rings is 2. The van der Waals surface area contributed by atoms with Crippen molar-refractivity contribution in [1.29, 1.82) is 0 Å². The van der Waals surface area contributed by atoms with E-state index in [0.29, 0.717) is 5.41 Å². The highest BCUT2D eigenvalue weighted by Gasteiger charge is 2.75. The van der Waals surface area contributed by atoms with Gasteiger partial charge in [-0.25, -0.2) is 0 Å². The Labute approximate surface area is 182 Å². The lowest BCUT2D eigenvalue weighted by atomic mass is 9.72. The topological polar surface area (TPSA) is 9.86 Å². The summed E-state index contributed by atoms with van der Waals surface area (Å²) in [5.74, 6) is 4.91. The Morgan fingerprint density at radius 1 is 0.839 bits per heavy atom. The molecule has 2 aromatic carbocycles. The molecule has 5 aliphatic rings. The number of aryl methyl sites for hydroxylation is 2. The maximum atomic E-state index is 2.64. The molecule has 0 amide bonds. The van der Waals surface area contributed by atoms with Crippen LogP contribution < -0.4 is 0 Å². The van der Waals surface area contributed by atoms with Gasteiger partial charge in [-0.2, -0.15) is 0 Å². The molecule has 0 bridgehead atoms. The van der Waals surface area contributed by atoms with Crippen molar-refractivity contribution in [3.05, 3.63) is 71.0 Å². The van der Waals surface area contributed by atoms with Crippen LogP contribution in [0.1, 0.15) is 66.0 Å². The van der Waals surface area contributed by atoms with Crippen LogP contribution in [0.4, 0.5) is 0 Å². The van der Waals surface area contributed by atoms with Gasteiger partial charge in [-0.15, -0.1) is 0 Å². The molecule has 7 unspecified atom stereocenters. The summed E-state index contributed by atoms with van der Waals surface area (Å²) in [4.78, 5) is 0. The predicted molar refractivity (Wildman–Crippen MR) is 125 cm³/mol. The number of para-hydroxylation sites is 2. The van der Waals surface area contributed by atoms with E-state index in [1.165, 1.54) is 36.7 Å². The van der Waals surface area contributed by atoms with Crippen molar-refractivity contribution < 1.29 is 0 Å². The summed E-state index contributed by atoms with van der Waals surface area (Å²) in [5, 5.41) is 3.12. The number of nitrogens with zero attached hydrogens (tertiary/aromatic N) is 2. The molecule has 4 aromatic rings. The van der Waals surface area contributed by atoms with Crippen molar-refractivity contribution in [2.75, 3.05) is 0 Å². The molecule has 0 saturated heterocycles. The van der Waals surface area contributed by atoms with E-state index in [4.69, 9.17) is 0 Å². The standard InChI is InChI=1S/C29H28N2/c1-30-20-11-5-3-8-15(20)22-17-14-18-23-16-9-4-6-12-21(16)31(2)28(23)29-13-7-10-19(29)25(27(22)30)24(17)26(18)29/h3-6,8-9,11-12,17-19,24-26H,7,10,13-14H2,1-2H3. The van der Waals surface area contributed by atoms with Crippen LogP contribution in [0.3, 0.4) is 0 Å². The third-order valence-corrected chi connectivity index (χ3v) is 10.9. The average molecular weight is 405 g/mol. The fraction of sp³-hybridized carbons (Fsp3) is 0.448. The lowest BCUT2D eigenvalue weighted by Gasteiger charge is -2.34. The lowest BCUT2D eigenvalue weighted by molar-refractivity contribution is 0.260. The Bertz CT molecular complexity index is 1470. The SMILES string of the molecule is Cn1c2c(c3ccccc31)C1CC3c4c(n(C)c5ccccc45)C45CCCC4C2C1C35. The van der Waals surface area contributed by atoms with Crippen LogP contribution in [0.25, 0.3) is 21.8 Å². The summed E-state index contributed by atoms with van der Waals surface area (Å²) < 4.78 is 5.25. The summed E-state index contributed by atoms with van der Waals surface area (Å²) in [6.07, 6.45) is 5.65. The first kappa shape index (κ1) is 16.2. The molecule has 0 N–H and O–H groups in total. The zero-order valence-electron chi connectivity index (χ0n) is 18.3. The zero-order chi connectivity index (χ0) is 20.2. The summed E-state index contributed by atoms with van der Waals surface area (Å²) in [5.41, 5.74) is 10.4. The van der Waals surface area contributed by atoms with E-state index >= 15 is 0 Å². The van der Waals surface area contributed by atoms with E-state index in [1.54, 1.807) is 33.3 Å². The number of hydrogen-bond donors (Lipinski definition) is 0. The molecule has 2 heterocycles. The second-order valence-corrected chi connectivity index (χ2v) is 11.3. The van der Waals surface area contributed by atoms with Gasteiger partial charge in [0.2, 0.25) is 0 Å². The molecule has 0 aliphatic heterocycles. The molecule has 31 heavy (non-hydrogen) atoms. The molecule has 154 valence electrons. The van der Waals surface area contributed by atoms with Gasteiger partial charge in [0.25, 0.3) is 0 Å². The Balaban J connectivity index is 1.40. The van der Waals surface area contributed by atoms with E-state index in [-0.39, 0.29) is 0 Å².